The molecule has 5 nitrogen and oxygen atoms in total. The predicted octanol–water partition coefficient (Wildman–Crippen LogP) is 3.65. The Morgan fingerprint density at radius 1 is 1.18 bits per heavy atom. The number of nitrogens with zero attached hydrogens (tertiary/aromatic N) is 4. The van der Waals surface area contributed by atoms with Gasteiger partial charge in [-0.1, -0.05) is 32.0 Å². The zero-order valence-electron chi connectivity index (χ0n) is 13.5. The standard InChI is InChI=1S/C17H23N5/c1-12(2)14-8-6-7-13(3)16(14)20-17-19-15(11-18-21-17)22-9-4-5-10-22/h6-8,11-12H,4-5,9-10H2,1-3H3,(H,19,20,21). The van der Waals surface area contributed by atoms with Crippen LogP contribution in [0.1, 0.15) is 43.7 Å². The molecule has 5 heteroatoms. The predicted molar refractivity (Wildman–Crippen MR) is 89.8 cm³/mol. The maximum absolute atomic E-state index is 4.63. The first kappa shape index (κ1) is 14.8. The van der Waals surface area contributed by atoms with E-state index >= 15 is 0 Å². The Morgan fingerprint density at radius 3 is 2.68 bits per heavy atom. The summed E-state index contributed by atoms with van der Waals surface area (Å²) < 4.78 is 0. The maximum atomic E-state index is 4.63. The Hall–Kier alpha value is -2.17. The first-order chi connectivity index (χ1) is 10.6. The second-order valence-electron chi connectivity index (χ2n) is 6.15. The maximum Gasteiger partial charge on any atom is 0.249 e. The van der Waals surface area contributed by atoms with E-state index in [9.17, 15) is 0 Å². The lowest BCUT2D eigenvalue weighted by Crippen LogP contribution is -2.20. The van der Waals surface area contributed by atoms with Crippen LogP contribution in [0.3, 0.4) is 0 Å². The molecule has 0 atom stereocenters. The van der Waals surface area contributed by atoms with Gasteiger partial charge in [0.25, 0.3) is 0 Å². The lowest BCUT2D eigenvalue weighted by atomic mass is 9.98. The summed E-state index contributed by atoms with van der Waals surface area (Å²) in [6.07, 6.45) is 4.20. The summed E-state index contributed by atoms with van der Waals surface area (Å²) in [5.41, 5.74) is 3.56. The van der Waals surface area contributed by atoms with Crippen LogP contribution in [0.25, 0.3) is 0 Å². The molecular weight excluding hydrogens is 274 g/mol. The van der Waals surface area contributed by atoms with E-state index < -0.39 is 0 Å². The molecule has 22 heavy (non-hydrogen) atoms. The molecule has 0 saturated carbocycles. The molecule has 0 aliphatic carbocycles. The molecule has 1 fully saturated rings. The van der Waals surface area contributed by atoms with Gasteiger partial charge in [0, 0.05) is 18.8 Å². The van der Waals surface area contributed by atoms with E-state index in [1.54, 1.807) is 6.20 Å². The summed E-state index contributed by atoms with van der Waals surface area (Å²) in [7, 11) is 0. The Labute approximate surface area is 131 Å². The van der Waals surface area contributed by atoms with Crippen LogP contribution in [0.15, 0.2) is 24.4 Å². The first-order valence-electron chi connectivity index (χ1n) is 7.96. The number of para-hydroxylation sites is 1. The fourth-order valence-corrected chi connectivity index (χ4v) is 2.90. The van der Waals surface area contributed by atoms with E-state index in [0.717, 1.165) is 24.6 Å². The number of rotatable bonds is 4. The smallest absolute Gasteiger partial charge is 0.249 e. The summed E-state index contributed by atoms with van der Waals surface area (Å²) >= 11 is 0. The molecule has 3 rings (SSSR count). The molecule has 1 saturated heterocycles. The van der Waals surface area contributed by atoms with Crippen molar-refractivity contribution in [3.8, 4) is 0 Å². The van der Waals surface area contributed by atoms with Gasteiger partial charge in [-0.15, -0.1) is 5.10 Å². The summed E-state index contributed by atoms with van der Waals surface area (Å²) in [5.74, 6) is 1.92. The fourth-order valence-electron chi connectivity index (χ4n) is 2.90. The van der Waals surface area contributed by atoms with Crippen molar-refractivity contribution in [2.45, 2.75) is 39.5 Å². The van der Waals surface area contributed by atoms with Crippen molar-refractivity contribution in [1.82, 2.24) is 15.2 Å². The molecular formula is C17H23N5. The molecule has 0 spiro atoms. The largest absolute Gasteiger partial charge is 0.355 e. The number of hydrogen-bond acceptors (Lipinski definition) is 5. The first-order valence-corrected chi connectivity index (χ1v) is 7.96. The lowest BCUT2D eigenvalue weighted by Gasteiger charge is -2.18. The second-order valence-corrected chi connectivity index (χ2v) is 6.15. The number of benzene rings is 1. The molecule has 1 aliphatic heterocycles. The number of aryl methyl sites for hydroxylation is 1. The summed E-state index contributed by atoms with van der Waals surface area (Å²) in [6.45, 7) is 8.60. The van der Waals surface area contributed by atoms with Gasteiger partial charge in [-0.25, -0.2) is 0 Å². The highest BCUT2D eigenvalue weighted by Gasteiger charge is 2.16. The van der Waals surface area contributed by atoms with Crippen LogP contribution in [0.5, 0.6) is 0 Å². The summed E-state index contributed by atoms with van der Waals surface area (Å²) in [5, 5.41) is 11.6. The molecule has 1 aromatic carbocycles. The van der Waals surface area contributed by atoms with Crippen LogP contribution in [0, 0.1) is 6.92 Å². The molecule has 0 radical (unpaired) electrons. The minimum Gasteiger partial charge on any atom is -0.355 e. The third-order valence-electron chi connectivity index (χ3n) is 4.14. The van der Waals surface area contributed by atoms with Gasteiger partial charge >= 0.3 is 0 Å². The average molecular weight is 297 g/mol. The van der Waals surface area contributed by atoms with Crippen molar-refractivity contribution >= 4 is 17.5 Å². The molecule has 0 unspecified atom stereocenters. The van der Waals surface area contributed by atoms with Crippen LogP contribution in [0.4, 0.5) is 17.5 Å². The van der Waals surface area contributed by atoms with Crippen LogP contribution >= 0.6 is 0 Å². The Morgan fingerprint density at radius 2 is 1.95 bits per heavy atom. The van der Waals surface area contributed by atoms with E-state index in [2.05, 4.69) is 64.4 Å². The highest BCUT2D eigenvalue weighted by Crippen LogP contribution is 2.29. The van der Waals surface area contributed by atoms with Gasteiger partial charge in [0.2, 0.25) is 5.95 Å². The summed E-state index contributed by atoms with van der Waals surface area (Å²) in [6, 6.07) is 6.35. The van der Waals surface area contributed by atoms with Crippen LogP contribution in [-0.4, -0.2) is 28.3 Å². The van der Waals surface area contributed by atoms with E-state index in [1.165, 1.54) is 24.0 Å². The van der Waals surface area contributed by atoms with Crippen LogP contribution in [0.2, 0.25) is 0 Å². The van der Waals surface area contributed by atoms with Crippen molar-refractivity contribution in [2.24, 2.45) is 0 Å². The third kappa shape index (κ3) is 3.03. The minimum absolute atomic E-state index is 0.442. The number of anilines is 3. The van der Waals surface area contributed by atoms with Crippen LogP contribution in [-0.2, 0) is 0 Å². The van der Waals surface area contributed by atoms with Crippen molar-refractivity contribution in [1.29, 1.82) is 0 Å². The van der Waals surface area contributed by atoms with E-state index in [-0.39, 0.29) is 0 Å². The van der Waals surface area contributed by atoms with Gasteiger partial charge < -0.3 is 10.2 Å². The number of nitrogens with one attached hydrogen (secondary N) is 1. The fraction of sp³-hybridized carbons (Fsp3) is 0.471. The molecule has 2 heterocycles. The van der Waals surface area contributed by atoms with Gasteiger partial charge in [-0.05, 0) is 36.8 Å². The molecule has 0 amide bonds. The van der Waals surface area contributed by atoms with Crippen LogP contribution < -0.4 is 10.2 Å². The molecule has 116 valence electrons. The molecule has 1 N–H and O–H groups in total. The molecule has 0 bridgehead atoms. The SMILES string of the molecule is Cc1cccc(C(C)C)c1Nc1nncc(N2CCCC2)n1. The van der Waals surface area contributed by atoms with Gasteiger partial charge in [-0.2, -0.15) is 10.1 Å². The summed E-state index contributed by atoms with van der Waals surface area (Å²) in [4.78, 5) is 6.90. The molecule has 2 aromatic rings. The molecule has 1 aromatic heterocycles. The van der Waals surface area contributed by atoms with Gasteiger partial charge in [0.05, 0.1) is 6.20 Å². The van der Waals surface area contributed by atoms with Gasteiger partial charge in [0.15, 0.2) is 5.82 Å². The number of aromatic nitrogens is 3. The van der Waals surface area contributed by atoms with Gasteiger partial charge in [0.1, 0.15) is 0 Å². The van der Waals surface area contributed by atoms with E-state index in [0.29, 0.717) is 11.9 Å². The Balaban J connectivity index is 1.89. The zero-order chi connectivity index (χ0) is 15.5. The van der Waals surface area contributed by atoms with Crippen molar-refractivity contribution in [3.63, 3.8) is 0 Å². The number of hydrogen-bond donors (Lipinski definition) is 1. The molecule has 1 aliphatic rings. The zero-order valence-corrected chi connectivity index (χ0v) is 13.5. The topological polar surface area (TPSA) is 53.9 Å². The van der Waals surface area contributed by atoms with Gasteiger partial charge in [-0.3, -0.25) is 0 Å². The normalized spacial score (nSPS) is 14.6. The average Bonchev–Trinajstić information content (AvgIpc) is 3.04. The highest BCUT2D eigenvalue weighted by molar-refractivity contribution is 5.64. The Kier molecular flexibility index (Phi) is 4.22. The van der Waals surface area contributed by atoms with E-state index in [4.69, 9.17) is 0 Å². The van der Waals surface area contributed by atoms with Crippen molar-refractivity contribution in [2.75, 3.05) is 23.3 Å². The van der Waals surface area contributed by atoms with Crippen molar-refractivity contribution < 1.29 is 0 Å². The van der Waals surface area contributed by atoms with Crippen molar-refractivity contribution in [3.05, 3.63) is 35.5 Å². The lowest BCUT2D eigenvalue weighted by molar-refractivity contribution is 0.863. The van der Waals surface area contributed by atoms with E-state index in [1.807, 2.05) is 0 Å². The monoisotopic (exact) mass is 297 g/mol. The quantitative estimate of drug-likeness (QED) is 0.933. The second kappa shape index (κ2) is 6.30. The minimum atomic E-state index is 0.442. The third-order valence-corrected chi connectivity index (χ3v) is 4.14. The highest BCUT2D eigenvalue weighted by atomic mass is 15.3. The Bertz CT molecular complexity index is 647.